The Morgan fingerprint density at radius 3 is 2.71 bits per heavy atom. The maximum Gasteiger partial charge on any atom is 0.220 e. The van der Waals surface area contributed by atoms with Crippen LogP contribution in [0.25, 0.3) is 0 Å². The molecular weight excluding hydrogens is 178 g/mol. The summed E-state index contributed by atoms with van der Waals surface area (Å²) in [6, 6.07) is 0. The summed E-state index contributed by atoms with van der Waals surface area (Å²) in [6.45, 7) is 7.49. The van der Waals surface area contributed by atoms with Gasteiger partial charge in [-0.05, 0) is 0 Å². The Balaban J connectivity index is 2.43. The largest absolute Gasteiger partial charge is 0.387 e. The molecule has 1 atom stereocenters. The first-order chi connectivity index (χ1) is 6.39. The van der Waals surface area contributed by atoms with Crippen molar-refractivity contribution < 1.29 is 4.79 Å². The second kappa shape index (κ2) is 3.98. The highest BCUT2D eigenvalue weighted by molar-refractivity contribution is 5.85. The Morgan fingerprint density at radius 2 is 2.29 bits per heavy atom. The predicted octanol–water partition coefficient (Wildman–Crippen LogP) is 0.526. The number of nitrogens with one attached hydrogen (secondary N) is 1. The molecule has 0 saturated carbocycles. The van der Waals surface area contributed by atoms with Crippen molar-refractivity contribution in [3.05, 3.63) is 0 Å². The molecule has 0 aromatic rings. The van der Waals surface area contributed by atoms with E-state index in [1.165, 1.54) is 0 Å². The average Bonchev–Trinajstić information content (AvgIpc) is 2.45. The molecule has 0 aliphatic carbocycles. The topological polar surface area (TPSA) is 67.5 Å². The fourth-order valence-electron chi connectivity index (χ4n) is 1.26. The first kappa shape index (κ1) is 11.0. The van der Waals surface area contributed by atoms with Gasteiger partial charge in [0.2, 0.25) is 5.91 Å². The van der Waals surface area contributed by atoms with E-state index in [0.717, 1.165) is 6.54 Å². The molecular formula is C10H19N3O. The highest BCUT2D eigenvalue weighted by Gasteiger charge is 2.22. The Labute approximate surface area is 85.0 Å². The molecule has 1 aliphatic heterocycles. The predicted molar refractivity (Wildman–Crippen MR) is 57.1 cm³/mol. The highest BCUT2D eigenvalue weighted by atomic mass is 16.1. The third-order valence-electron chi connectivity index (χ3n) is 2.35. The average molecular weight is 197 g/mol. The van der Waals surface area contributed by atoms with E-state index in [4.69, 9.17) is 5.73 Å². The van der Waals surface area contributed by atoms with Crippen LogP contribution in [-0.4, -0.2) is 24.8 Å². The number of nitrogens with two attached hydrogens (primary N) is 1. The van der Waals surface area contributed by atoms with Gasteiger partial charge in [0.25, 0.3) is 0 Å². The molecule has 1 unspecified atom stereocenters. The molecule has 0 bridgehead atoms. The SMILES string of the molecule is CC(C)(C)C(N)=NCC1CNC(=O)C1. The Morgan fingerprint density at radius 1 is 1.64 bits per heavy atom. The van der Waals surface area contributed by atoms with Crippen LogP contribution in [0.2, 0.25) is 0 Å². The standard InChI is InChI=1S/C10H19N3O/c1-10(2,3)9(11)13-6-7-4-8(14)12-5-7/h7H,4-6H2,1-3H3,(H2,11,13)(H,12,14). The van der Waals surface area contributed by atoms with Gasteiger partial charge in [0, 0.05) is 30.8 Å². The van der Waals surface area contributed by atoms with E-state index < -0.39 is 0 Å². The minimum absolute atomic E-state index is 0.0734. The van der Waals surface area contributed by atoms with Crippen LogP contribution in [0.1, 0.15) is 27.2 Å². The van der Waals surface area contributed by atoms with E-state index in [2.05, 4.69) is 10.3 Å². The molecule has 0 aromatic carbocycles. The normalized spacial score (nSPS) is 23.8. The lowest BCUT2D eigenvalue weighted by molar-refractivity contribution is -0.119. The second-order valence-electron chi connectivity index (χ2n) is 4.85. The van der Waals surface area contributed by atoms with Crippen molar-refractivity contribution >= 4 is 11.7 Å². The number of amidine groups is 1. The van der Waals surface area contributed by atoms with E-state index in [1.807, 2.05) is 20.8 Å². The molecule has 1 heterocycles. The van der Waals surface area contributed by atoms with Gasteiger partial charge >= 0.3 is 0 Å². The van der Waals surface area contributed by atoms with Crippen LogP contribution in [0.5, 0.6) is 0 Å². The number of carbonyl (C=O) groups excluding carboxylic acids is 1. The summed E-state index contributed by atoms with van der Waals surface area (Å²) in [5.74, 6) is 1.11. The Bertz CT molecular complexity index is 253. The maximum absolute atomic E-state index is 10.9. The maximum atomic E-state index is 10.9. The fraction of sp³-hybridized carbons (Fsp3) is 0.800. The van der Waals surface area contributed by atoms with Crippen LogP contribution in [-0.2, 0) is 4.79 Å². The molecule has 1 amide bonds. The number of amides is 1. The van der Waals surface area contributed by atoms with Gasteiger partial charge in [0.05, 0.1) is 5.84 Å². The van der Waals surface area contributed by atoms with Crippen molar-refractivity contribution in [3.63, 3.8) is 0 Å². The molecule has 0 spiro atoms. The molecule has 0 aromatic heterocycles. The lowest BCUT2D eigenvalue weighted by Crippen LogP contribution is -2.29. The molecule has 1 aliphatic rings. The van der Waals surface area contributed by atoms with Gasteiger partial charge in [-0.15, -0.1) is 0 Å². The van der Waals surface area contributed by atoms with E-state index >= 15 is 0 Å². The van der Waals surface area contributed by atoms with Crippen LogP contribution >= 0.6 is 0 Å². The quantitative estimate of drug-likeness (QED) is 0.501. The molecule has 14 heavy (non-hydrogen) atoms. The minimum Gasteiger partial charge on any atom is -0.387 e. The first-order valence-corrected chi connectivity index (χ1v) is 4.96. The zero-order valence-corrected chi connectivity index (χ0v) is 9.13. The minimum atomic E-state index is -0.0734. The molecule has 80 valence electrons. The van der Waals surface area contributed by atoms with Gasteiger partial charge in [-0.1, -0.05) is 20.8 Å². The molecule has 0 radical (unpaired) electrons. The third kappa shape index (κ3) is 3.01. The van der Waals surface area contributed by atoms with Crippen molar-refractivity contribution in [3.8, 4) is 0 Å². The zero-order chi connectivity index (χ0) is 10.8. The number of hydrogen-bond acceptors (Lipinski definition) is 2. The summed E-state index contributed by atoms with van der Waals surface area (Å²) in [6.07, 6.45) is 0.584. The van der Waals surface area contributed by atoms with Gasteiger partial charge < -0.3 is 11.1 Å². The van der Waals surface area contributed by atoms with E-state index in [9.17, 15) is 4.79 Å². The number of carbonyl (C=O) groups is 1. The number of nitrogens with zero attached hydrogens (tertiary/aromatic N) is 1. The summed E-state index contributed by atoms with van der Waals surface area (Å²) in [5.41, 5.74) is 5.73. The molecule has 1 fully saturated rings. The summed E-state index contributed by atoms with van der Waals surface area (Å²) >= 11 is 0. The van der Waals surface area contributed by atoms with Crippen LogP contribution in [0.4, 0.5) is 0 Å². The summed E-state index contributed by atoms with van der Waals surface area (Å²) < 4.78 is 0. The summed E-state index contributed by atoms with van der Waals surface area (Å²) in [7, 11) is 0. The van der Waals surface area contributed by atoms with Crippen molar-refractivity contribution in [2.75, 3.05) is 13.1 Å². The van der Waals surface area contributed by atoms with Crippen molar-refractivity contribution in [1.29, 1.82) is 0 Å². The summed E-state index contributed by atoms with van der Waals surface area (Å²) in [4.78, 5) is 15.2. The van der Waals surface area contributed by atoms with Gasteiger partial charge in [-0.2, -0.15) is 0 Å². The van der Waals surface area contributed by atoms with Crippen molar-refractivity contribution in [2.24, 2.45) is 22.1 Å². The smallest absolute Gasteiger partial charge is 0.220 e. The summed E-state index contributed by atoms with van der Waals surface area (Å²) in [5, 5.41) is 2.78. The third-order valence-corrected chi connectivity index (χ3v) is 2.35. The van der Waals surface area contributed by atoms with E-state index in [0.29, 0.717) is 24.7 Å². The van der Waals surface area contributed by atoms with Crippen LogP contribution in [0, 0.1) is 11.3 Å². The molecule has 1 rings (SSSR count). The molecule has 1 saturated heterocycles. The van der Waals surface area contributed by atoms with Crippen molar-refractivity contribution in [1.82, 2.24) is 5.32 Å². The highest BCUT2D eigenvalue weighted by Crippen LogP contribution is 2.14. The molecule has 4 heteroatoms. The Kier molecular flexibility index (Phi) is 3.13. The number of rotatable bonds is 2. The first-order valence-electron chi connectivity index (χ1n) is 4.96. The van der Waals surface area contributed by atoms with Crippen molar-refractivity contribution in [2.45, 2.75) is 27.2 Å². The van der Waals surface area contributed by atoms with Gasteiger partial charge in [0.15, 0.2) is 0 Å². The van der Waals surface area contributed by atoms with E-state index in [-0.39, 0.29) is 11.3 Å². The second-order valence-corrected chi connectivity index (χ2v) is 4.85. The van der Waals surface area contributed by atoms with Gasteiger partial charge in [-0.3, -0.25) is 9.79 Å². The monoisotopic (exact) mass is 197 g/mol. The van der Waals surface area contributed by atoms with Gasteiger partial charge in [-0.25, -0.2) is 0 Å². The fourth-order valence-corrected chi connectivity index (χ4v) is 1.26. The van der Waals surface area contributed by atoms with Gasteiger partial charge in [0.1, 0.15) is 0 Å². The van der Waals surface area contributed by atoms with Crippen LogP contribution < -0.4 is 11.1 Å². The molecule has 3 N–H and O–H groups in total. The Hall–Kier alpha value is -1.06. The number of aliphatic imine (C=N–C) groups is 1. The van der Waals surface area contributed by atoms with E-state index in [1.54, 1.807) is 0 Å². The zero-order valence-electron chi connectivity index (χ0n) is 9.13. The van der Waals surface area contributed by atoms with Crippen LogP contribution in [0.15, 0.2) is 4.99 Å². The van der Waals surface area contributed by atoms with Crippen LogP contribution in [0.3, 0.4) is 0 Å². The lowest BCUT2D eigenvalue weighted by Gasteiger charge is -2.17. The molecule has 4 nitrogen and oxygen atoms in total. The lowest BCUT2D eigenvalue weighted by atomic mass is 9.95. The number of hydrogen-bond donors (Lipinski definition) is 2.